The SMILES string of the molecule is Nc1ncc(CN2CC3CCCC3C2)s1. The van der Waals surface area contributed by atoms with Gasteiger partial charge in [-0.2, -0.15) is 0 Å². The third-order valence-electron chi connectivity index (χ3n) is 3.75. The number of nitrogen functional groups attached to an aromatic ring is 1. The third-order valence-corrected chi connectivity index (χ3v) is 4.56. The topological polar surface area (TPSA) is 42.1 Å². The summed E-state index contributed by atoms with van der Waals surface area (Å²) in [6, 6.07) is 0. The monoisotopic (exact) mass is 223 g/mol. The molecule has 3 nitrogen and oxygen atoms in total. The van der Waals surface area contributed by atoms with Crippen molar-refractivity contribution in [3.8, 4) is 0 Å². The number of thiazole rings is 1. The van der Waals surface area contributed by atoms with Crippen molar-refractivity contribution < 1.29 is 0 Å². The number of hydrogen-bond acceptors (Lipinski definition) is 4. The average Bonchev–Trinajstić information content (AvgIpc) is 2.81. The van der Waals surface area contributed by atoms with Crippen molar-refractivity contribution in [1.82, 2.24) is 9.88 Å². The highest BCUT2D eigenvalue weighted by Gasteiger charge is 2.35. The summed E-state index contributed by atoms with van der Waals surface area (Å²) in [7, 11) is 0. The zero-order valence-electron chi connectivity index (χ0n) is 8.85. The number of aromatic nitrogens is 1. The van der Waals surface area contributed by atoms with Crippen LogP contribution >= 0.6 is 11.3 Å². The van der Waals surface area contributed by atoms with E-state index in [1.54, 1.807) is 11.3 Å². The van der Waals surface area contributed by atoms with Crippen LogP contribution in [0.2, 0.25) is 0 Å². The lowest BCUT2D eigenvalue weighted by Gasteiger charge is -2.14. The number of anilines is 1. The Labute approximate surface area is 94.3 Å². The molecule has 1 aliphatic carbocycles. The van der Waals surface area contributed by atoms with Gasteiger partial charge in [0.2, 0.25) is 0 Å². The van der Waals surface area contributed by atoms with Crippen LogP contribution in [0, 0.1) is 11.8 Å². The van der Waals surface area contributed by atoms with Crippen LogP contribution in [0.5, 0.6) is 0 Å². The highest BCUT2D eigenvalue weighted by Crippen LogP contribution is 2.38. The van der Waals surface area contributed by atoms with E-state index in [9.17, 15) is 0 Å². The molecule has 2 fully saturated rings. The van der Waals surface area contributed by atoms with Crippen LogP contribution in [0.15, 0.2) is 6.20 Å². The first-order valence-corrected chi connectivity index (χ1v) is 6.55. The van der Waals surface area contributed by atoms with Crippen molar-refractivity contribution in [3.63, 3.8) is 0 Å². The standard InChI is InChI=1S/C11H17N3S/c12-11-13-4-10(15-11)7-14-5-8-2-1-3-9(8)6-14/h4,8-9H,1-3,5-7H2,(H2,12,13). The number of nitrogens with zero attached hydrogens (tertiary/aromatic N) is 2. The van der Waals surface area contributed by atoms with Crippen LogP contribution in [0.3, 0.4) is 0 Å². The number of nitrogens with two attached hydrogens (primary N) is 1. The molecule has 15 heavy (non-hydrogen) atoms. The summed E-state index contributed by atoms with van der Waals surface area (Å²) in [6.45, 7) is 3.65. The van der Waals surface area contributed by atoms with Gasteiger partial charge in [0.05, 0.1) is 0 Å². The lowest BCUT2D eigenvalue weighted by molar-refractivity contribution is 0.306. The minimum absolute atomic E-state index is 0.699. The highest BCUT2D eigenvalue weighted by atomic mass is 32.1. The lowest BCUT2D eigenvalue weighted by Crippen LogP contribution is -2.20. The molecule has 82 valence electrons. The Hall–Kier alpha value is -0.610. The van der Waals surface area contributed by atoms with Crippen LogP contribution in [0.25, 0.3) is 0 Å². The first kappa shape index (κ1) is 9.60. The zero-order valence-corrected chi connectivity index (χ0v) is 9.67. The molecule has 2 unspecified atom stereocenters. The number of rotatable bonds is 2. The second-order valence-electron chi connectivity index (χ2n) is 4.81. The van der Waals surface area contributed by atoms with E-state index in [1.807, 2.05) is 6.20 Å². The van der Waals surface area contributed by atoms with E-state index in [-0.39, 0.29) is 0 Å². The highest BCUT2D eigenvalue weighted by molar-refractivity contribution is 7.15. The van der Waals surface area contributed by atoms with Crippen molar-refractivity contribution in [1.29, 1.82) is 0 Å². The predicted molar refractivity (Wildman–Crippen MR) is 62.6 cm³/mol. The maximum absolute atomic E-state index is 5.63. The van der Waals surface area contributed by atoms with E-state index in [4.69, 9.17) is 5.73 Å². The summed E-state index contributed by atoms with van der Waals surface area (Å²) in [5.41, 5.74) is 5.63. The van der Waals surface area contributed by atoms with Crippen LogP contribution in [-0.4, -0.2) is 23.0 Å². The first-order chi connectivity index (χ1) is 7.31. The Morgan fingerprint density at radius 2 is 2.13 bits per heavy atom. The average molecular weight is 223 g/mol. The summed E-state index contributed by atoms with van der Waals surface area (Å²) >= 11 is 1.63. The predicted octanol–water partition coefficient (Wildman–Crippen LogP) is 1.96. The maximum atomic E-state index is 5.63. The largest absolute Gasteiger partial charge is 0.375 e. The molecule has 0 radical (unpaired) electrons. The van der Waals surface area contributed by atoms with Gasteiger partial charge in [-0.05, 0) is 24.7 Å². The Kier molecular flexibility index (Phi) is 2.41. The van der Waals surface area contributed by atoms with E-state index in [2.05, 4.69) is 9.88 Å². The fraction of sp³-hybridized carbons (Fsp3) is 0.727. The molecular formula is C11H17N3S. The molecule has 0 amide bonds. The van der Waals surface area contributed by atoms with Gasteiger partial charge in [-0.3, -0.25) is 4.90 Å². The molecule has 4 heteroatoms. The van der Waals surface area contributed by atoms with E-state index in [0.717, 1.165) is 18.4 Å². The molecule has 1 saturated heterocycles. The summed E-state index contributed by atoms with van der Waals surface area (Å²) < 4.78 is 0. The smallest absolute Gasteiger partial charge is 0.180 e. The van der Waals surface area contributed by atoms with Crippen LogP contribution in [-0.2, 0) is 6.54 Å². The van der Waals surface area contributed by atoms with Crippen molar-refractivity contribution >= 4 is 16.5 Å². The Morgan fingerprint density at radius 1 is 1.40 bits per heavy atom. The van der Waals surface area contributed by atoms with Gasteiger partial charge >= 0.3 is 0 Å². The van der Waals surface area contributed by atoms with Gasteiger partial charge in [0, 0.05) is 30.7 Å². The maximum Gasteiger partial charge on any atom is 0.180 e. The second kappa shape index (κ2) is 3.76. The molecule has 1 aromatic heterocycles. The van der Waals surface area contributed by atoms with Crippen LogP contribution < -0.4 is 5.73 Å². The van der Waals surface area contributed by atoms with Crippen LogP contribution in [0.4, 0.5) is 5.13 Å². The Bertz CT molecular complexity index is 337. The summed E-state index contributed by atoms with van der Waals surface area (Å²) in [6.07, 6.45) is 6.28. The minimum Gasteiger partial charge on any atom is -0.375 e. The third kappa shape index (κ3) is 1.88. The van der Waals surface area contributed by atoms with Crippen molar-refractivity contribution in [3.05, 3.63) is 11.1 Å². The Morgan fingerprint density at radius 3 is 2.73 bits per heavy atom. The van der Waals surface area contributed by atoms with Crippen LogP contribution in [0.1, 0.15) is 24.1 Å². The molecule has 2 N–H and O–H groups in total. The first-order valence-electron chi connectivity index (χ1n) is 5.74. The van der Waals surface area contributed by atoms with Gasteiger partial charge in [0.25, 0.3) is 0 Å². The van der Waals surface area contributed by atoms with Crippen molar-refractivity contribution in [2.75, 3.05) is 18.8 Å². The fourth-order valence-electron chi connectivity index (χ4n) is 3.08. The number of hydrogen-bond donors (Lipinski definition) is 1. The van der Waals surface area contributed by atoms with Gasteiger partial charge < -0.3 is 5.73 Å². The fourth-order valence-corrected chi connectivity index (χ4v) is 3.80. The summed E-state index contributed by atoms with van der Waals surface area (Å²) in [5.74, 6) is 1.96. The second-order valence-corrected chi connectivity index (χ2v) is 5.96. The lowest BCUT2D eigenvalue weighted by atomic mass is 10.0. The van der Waals surface area contributed by atoms with Gasteiger partial charge in [0.15, 0.2) is 5.13 Å². The quantitative estimate of drug-likeness (QED) is 0.833. The summed E-state index contributed by atoms with van der Waals surface area (Å²) in [5, 5.41) is 0.699. The Balaban J connectivity index is 1.61. The zero-order chi connectivity index (χ0) is 10.3. The number of fused-ring (bicyclic) bond motifs is 1. The molecule has 2 heterocycles. The normalized spacial score (nSPS) is 30.9. The molecule has 1 aliphatic heterocycles. The van der Waals surface area contributed by atoms with Crippen molar-refractivity contribution in [2.45, 2.75) is 25.8 Å². The molecule has 0 aromatic carbocycles. The van der Waals surface area contributed by atoms with E-state index in [0.29, 0.717) is 5.13 Å². The molecule has 2 atom stereocenters. The molecule has 3 rings (SSSR count). The van der Waals surface area contributed by atoms with E-state index < -0.39 is 0 Å². The van der Waals surface area contributed by atoms with E-state index in [1.165, 1.54) is 37.2 Å². The number of likely N-dealkylation sites (tertiary alicyclic amines) is 1. The molecular weight excluding hydrogens is 206 g/mol. The van der Waals surface area contributed by atoms with Gasteiger partial charge in [-0.1, -0.05) is 6.42 Å². The molecule has 1 saturated carbocycles. The molecule has 2 aliphatic rings. The van der Waals surface area contributed by atoms with Gasteiger partial charge in [-0.15, -0.1) is 11.3 Å². The molecule has 0 bridgehead atoms. The van der Waals surface area contributed by atoms with Gasteiger partial charge in [0.1, 0.15) is 0 Å². The molecule has 1 aromatic rings. The summed E-state index contributed by atoms with van der Waals surface area (Å²) in [4.78, 5) is 7.98. The van der Waals surface area contributed by atoms with Crippen molar-refractivity contribution in [2.24, 2.45) is 11.8 Å². The minimum atomic E-state index is 0.699. The van der Waals surface area contributed by atoms with Gasteiger partial charge in [-0.25, -0.2) is 4.98 Å². The van der Waals surface area contributed by atoms with E-state index >= 15 is 0 Å². The molecule has 0 spiro atoms.